The summed E-state index contributed by atoms with van der Waals surface area (Å²) in [6, 6.07) is 13.4. The molecular weight excluding hydrogens is 556 g/mol. The highest BCUT2D eigenvalue weighted by molar-refractivity contribution is 7.84. The Morgan fingerprint density at radius 3 is 2.66 bits per heavy atom. The van der Waals surface area contributed by atoms with Crippen LogP contribution in [0.5, 0.6) is 5.75 Å². The molecule has 6 nitrogen and oxygen atoms in total. The molecule has 2 aliphatic heterocycles. The van der Waals surface area contributed by atoms with E-state index < -0.39 is 17.1 Å². The van der Waals surface area contributed by atoms with Crippen molar-refractivity contribution in [3.05, 3.63) is 76.3 Å². The number of nitrogens with one attached hydrogen (secondary N) is 1. The first kappa shape index (κ1) is 30.3. The number of fused-ring (bicyclic) bond motifs is 13. The lowest BCUT2D eigenvalue weighted by atomic mass is 9.68. The number of likely N-dealkylation sites (N-methyl/N-ethyl adjacent to an activating group) is 1. The summed E-state index contributed by atoms with van der Waals surface area (Å²) in [5, 5.41) is 11.5. The summed E-state index contributed by atoms with van der Waals surface area (Å²) in [6.45, 7) is 6.20. The minimum absolute atomic E-state index is 0.0808. The van der Waals surface area contributed by atoms with E-state index in [0.29, 0.717) is 30.3 Å². The molecule has 0 aromatic heterocycles. The maximum atomic E-state index is 12.9. The van der Waals surface area contributed by atoms with Gasteiger partial charge in [0.1, 0.15) is 16.7 Å². The smallest absolute Gasteiger partial charge is 0.262 e. The van der Waals surface area contributed by atoms with Crippen LogP contribution in [0, 0.1) is 17.8 Å². The zero-order chi connectivity index (χ0) is 29.1. The topological polar surface area (TPSA) is 78.9 Å². The van der Waals surface area contributed by atoms with Crippen LogP contribution >= 0.6 is 11.6 Å². The number of benzene rings is 2. The monoisotopic (exact) mass is 598 g/mol. The summed E-state index contributed by atoms with van der Waals surface area (Å²) < 4.78 is 22.0. The van der Waals surface area contributed by atoms with Gasteiger partial charge in [-0.25, -0.2) is 4.21 Å². The third-order valence-electron chi connectivity index (χ3n) is 9.58. The molecule has 2 N–H and O–H groups in total. The predicted octanol–water partition coefficient (Wildman–Crippen LogP) is 5.69. The Balaban J connectivity index is 1.44. The summed E-state index contributed by atoms with van der Waals surface area (Å²) in [6.07, 6.45) is 9.36. The van der Waals surface area contributed by atoms with Crippen LogP contribution in [0.3, 0.4) is 0 Å². The zero-order valence-electron chi connectivity index (χ0n) is 24.4. The molecule has 1 amide bonds. The van der Waals surface area contributed by atoms with Crippen molar-refractivity contribution < 1.29 is 18.8 Å². The minimum Gasteiger partial charge on any atom is -0.493 e. The first-order chi connectivity index (χ1) is 19.6. The molecular formula is C33H43ClN2O4S. The van der Waals surface area contributed by atoms with E-state index >= 15 is 0 Å². The number of ether oxygens (including phenoxy) is 1. The summed E-state index contributed by atoms with van der Waals surface area (Å²) in [5.41, 5.74) is 2.83. The molecule has 1 fully saturated rings. The van der Waals surface area contributed by atoms with Crippen molar-refractivity contribution in [2.75, 3.05) is 26.7 Å². The van der Waals surface area contributed by atoms with Crippen molar-refractivity contribution in [1.29, 1.82) is 0 Å². The van der Waals surface area contributed by atoms with Gasteiger partial charge in [0.15, 0.2) is 0 Å². The van der Waals surface area contributed by atoms with Crippen molar-refractivity contribution in [3.8, 4) is 5.75 Å². The molecule has 2 aliphatic carbocycles. The highest BCUT2D eigenvalue weighted by atomic mass is 35.5. The Morgan fingerprint density at radius 2 is 1.93 bits per heavy atom. The van der Waals surface area contributed by atoms with Crippen LogP contribution in [0.2, 0.25) is 5.02 Å². The van der Waals surface area contributed by atoms with E-state index in [-0.39, 0.29) is 28.4 Å². The Morgan fingerprint density at radius 1 is 1.15 bits per heavy atom. The standard InChI is InChI=1S/C33H43ClN2O4S/c1-22-6-4-8-31(37)29-15-11-26(29)19-36(3)20-33(17-5-7-25-18-27(34)12-16-30(25)33)21-40-28-13-9-24(10-14-28)32(38)35-41(39)23(22)2/h4,8-10,12-14,16,18,22-23,26,29,31,37H,5-7,11,15,17,19-21H2,1-3H3,(H,35,38)/b8-4+. The first-order valence-corrected chi connectivity index (χ1v) is 16.5. The number of hydrogen-bond donors (Lipinski definition) is 2. The number of nitrogens with zero attached hydrogens (tertiary/aromatic N) is 1. The molecule has 7 atom stereocenters. The molecule has 2 aromatic carbocycles. The Bertz CT molecular complexity index is 1280. The lowest BCUT2D eigenvalue weighted by Crippen LogP contribution is -2.49. The number of aryl methyl sites for hydroxylation is 1. The molecule has 1 saturated carbocycles. The maximum absolute atomic E-state index is 12.9. The van der Waals surface area contributed by atoms with Gasteiger partial charge in [-0.05, 0) is 118 Å². The van der Waals surface area contributed by atoms with Crippen LogP contribution < -0.4 is 9.46 Å². The van der Waals surface area contributed by atoms with Gasteiger partial charge < -0.3 is 14.7 Å². The second-order valence-corrected chi connectivity index (χ2v) is 14.5. The van der Waals surface area contributed by atoms with Gasteiger partial charge in [-0.2, -0.15) is 0 Å². The van der Waals surface area contributed by atoms with Crippen molar-refractivity contribution in [1.82, 2.24) is 9.62 Å². The molecule has 2 heterocycles. The average molecular weight is 599 g/mol. The fourth-order valence-electron chi connectivity index (χ4n) is 6.80. The number of hydrogen-bond acceptors (Lipinski definition) is 5. The summed E-state index contributed by atoms with van der Waals surface area (Å²) >= 11 is 6.39. The van der Waals surface area contributed by atoms with Gasteiger partial charge in [0, 0.05) is 29.1 Å². The van der Waals surface area contributed by atoms with Gasteiger partial charge in [-0.15, -0.1) is 0 Å². The number of aliphatic hydroxyl groups excluding tert-OH is 1. The molecule has 222 valence electrons. The Hall–Kier alpha value is -2.19. The molecule has 7 unspecified atom stereocenters. The van der Waals surface area contributed by atoms with Crippen molar-refractivity contribution in [2.24, 2.45) is 17.8 Å². The normalized spacial score (nSPS) is 34.3. The average Bonchev–Trinajstić information content (AvgIpc) is 2.93. The Labute approximate surface area is 252 Å². The lowest BCUT2D eigenvalue weighted by Gasteiger charge is -2.45. The molecule has 4 aliphatic rings. The number of carbonyl (C=O) groups excluding carboxylic acids is 1. The quantitative estimate of drug-likeness (QED) is 0.381. The third kappa shape index (κ3) is 6.90. The van der Waals surface area contributed by atoms with Crippen LogP contribution in [-0.2, 0) is 22.8 Å². The van der Waals surface area contributed by atoms with E-state index in [1.807, 2.05) is 44.2 Å². The van der Waals surface area contributed by atoms with Crippen molar-refractivity contribution in [3.63, 3.8) is 0 Å². The molecule has 6 rings (SSSR count). The SMILES string of the molecule is CC1C/C=C/C(O)C2CCC2CN(C)CC2(CCCc3cc(Cl)ccc32)COc2ccc(cc2)C(=O)NS(=O)C1C. The van der Waals surface area contributed by atoms with Gasteiger partial charge in [0.2, 0.25) is 0 Å². The van der Waals surface area contributed by atoms with Crippen molar-refractivity contribution in [2.45, 2.75) is 69.1 Å². The largest absolute Gasteiger partial charge is 0.493 e. The second-order valence-electron chi connectivity index (χ2n) is 12.5. The molecule has 1 spiro atoms. The Kier molecular flexibility index (Phi) is 9.59. The minimum atomic E-state index is -1.52. The third-order valence-corrected chi connectivity index (χ3v) is 11.3. The van der Waals surface area contributed by atoms with E-state index in [1.54, 1.807) is 12.1 Å². The number of rotatable bonds is 0. The zero-order valence-corrected chi connectivity index (χ0v) is 25.9. The molecule has 2 aromatic rings. The van der Waals surface area contributed by atoms with Gasteiger partial charge in [0.05, 0.1) is 18.0 Å². The van der Waals surface area contributed by atoms with E-state index in [1.165, 1.54) is 11.1 Å². The van der Waals surface area contributed by atoms with E-state index in [9.17, 15) is 14.1 Å². The number of aliphatic hydroxyl groups is 1. The van der Waals surface area contributed by atoms with Crippen LogP contribution in [0.4, 0.5) is 0 Å². The van der Waals surface area contributed by atoms with Crippen LogP contribution in [-0.4, -0.2) is 58.2 Å². The van der Waals surface area contributed by atoms with E-state index in [2.05, 4.69) is 28.8 Å². The molecule has 41 heavy (non-hydrogen) atoms. The molecule has 0 saturated heterocycles. The fourth-order valence-corrected chi connectivity index (χ4v) is 8.01. The highest BCUT2D eigenvalue weighted by Crippen LogP contribution is 2.42. The van der Waals surface area contributed by atoms with Gasteiger partial charge in [0.25, 0.3) is 5.91 Å². The van der Waals surface area contributed by atoms with Crippen molar-refractivity contribution >= 4 is 28.5 Å². The van der Waals surface area contributed by atoms with Gasteiger partial charge in [-0.3, -0.25) is 9.52 Å². The van der Waals surface area contributed by atoms with Crippen LogP contribution in [0.25, 0.3) is 0 Å². The molecule has 0 radical (unpaired) electrons. The number of halogens is 1. The first-order valence-electron chi connectivity index (χ1n) is 14.9. The highest BCUT2D eigenvalue weighted by Gasteiger charge is 2.41. The summed E-state index contributed by atoms with van der Waals surface area (Å²) in [4.78, 5) is 15.3. The van der Waals surface area contributed by atoms with E-state index in [0.717, 1.165) is 50.2 Å². The summed E-state index contributed by atoms with van der Waals surface area (Å²) in [7, 11) is 0.666. The predicted molar refractivity (Wildman–Crippen MR) is 166 cm³/mol. The van der Waals surface area contributed by atoms with Gasteiger partial charge >= 0.3 is 0 Å². The number of allylic oxidation sites excluding steroid dienone is 1. The van der Waals surface area contributed by atoms with Crippen LogP contribution in [0.15, 0.2) is 54.6 Å². The van der Waals surface area contributed by atoms with E-state index in [4.69, 9.17) is 16.3 Å². The number of carbonyl (C=O) groups is 1. The lowest BCUT2D eigenvalue weighted by molar-refractivity contribution is 0.0197. The summed E-state index contributed by atoms with van der Waals surface area (Å²) in [5.74, 6) is 1.10. The second kappa shape index (κ2) is 13.0. The fraction of sp³-hybridized carbons (Fsp3) is 0.545. The van der Waals surface area contributed by atoms with Crippen LogP contribution in [0.1, 0.15) is 67.4 Å². The molecule has 8 heteroatoms. The van der Waals surface area contributed by atoms with Gasteiger partial charge in [-0.1, -0.05) is 36.7 Å². The molecule has 2 bridgehead atoms. The maximum Gasteiger partial charge on any atom is 0.262 e. The number of amides is 1.